The van der Waals surface area contributed by atoms with Gasteiger partial charge in [-0.05, 0) is 73.4 Å². The number of carbonyl (C=O) groups excluding carboxylic acids is 2. The van der Waals surface area contributed by atoms with E-state index < -0.39 is 11.9 Å². The zero-order valence-corrected chi connectivity index (χ0v) is 20.7. The third kappa shape index (κ3) is 6.62. The van der Waals surface area contributed by atoms with Crippen molar-refractivity contribution in [1.29, 1.82) is 0 Å². The molecule has 9 nitrogen and oxygen atoms in total. The molecule has 0 aliphatic carbocycles. The molecule has 0 fully saturated rings. The number of methoxy groups -OCH3 is 1. The van der Waals surface area contributed by atoms with Gasteiger partial charge in [-0.15, -0.1) is 10.2 Å². The predicted octanol–water partition coefficient (Wildman–Crippen LogP) is 3.38. The van der Waals surface area contributed by atoms with Crippen molar-refractivity contribution in [2.45, 2.75) is 46.7 Å². The molecule has 0 spiro atoms. The molecule has 2 amide bonds. The van der Waals surface area contributed by atoms with E-state index in [9.17, 15) is 14.0 Å². The Balaban J connectivity index is 1.87. The summed E-state index contributed by atoms with van der Waals surface area (Å²) in [6.07, 6.45) is 0.829. The summed E-state index contributed by atoms with van der Waals surface area (Å²) in [6.45, 7) is 7.98. The number of aromatic nitrogens is 4. The molecule has 35 heavy (non-hydrogen) atoms. The van der Waals surface area contributed by atoms with Crippen molar-refractivity contribution >= 4 is 17.5 Å². The molecule has 1 heterocycles. The molecular weight excluding hydrogens is 451 g/mol. The van der Waals surface area contributed by atoms with Crippen LogP contribution in [0.25, 0.3) is 11.4 Å². The summed E-state index contributed by atoms with van der Waals surface area (Å²) in [5.41, 5.74) is 1.95. The van der Waals surface area contributed by atoms with Crippen LogP contribution in [0, 0.1) is 18.7 Å². The van der Waals surface area contributed by atoms with Crippen LogP contribution >= 0.6 is 0 Å². The number of benzene rings is 2. The van der Waals surface area contributed by atoms with Gasteiger partial charge in [-0.25, -0.2) is 4.39 Å². The molecule has 3 aromatic rings. The largest absolute Gasteiger partial charge is 0.495 e. The average Bonchev–Trinajstić information content (AvgIpc) is 3.27. The minimum absolute atomic E-state index is 0.255. The Morgan fingerprint density at radius 1 is 1.14 bits per heavy atom. The zero-order valence-electron chi connectivity index (χ0n) is 20.7. The predicted molar refractivity (Wildman–Crippen MR) is 130 cm³/mol. The number of carbonyl (C=O) groups is 2. The van der Waals surface area contributed by atoms with Crippen LogP contribution in [0.3, 0.4) is 0 Å². The average molecular weight is 483 g/mol. The highest BCUT2D eigenvalue weighted by atomic mass is 19.1. The molecule has 3 rings (SSSR count). The Bertz CT molecular complexity index is 1160. The number of hydrogen-bond acceptors (Lipinski definition) is 6. The topological polar surface area (TPSA) is 102 Å². The van der Waals surface area contributed by atoms with Gasteiger partial charge in [-0.3, -0.25) is 14.5 Å². The Labute approximate surface area is 204 Å². The molecule has 1 atom stereocenters. The Morgan fingerprint density at radius 2 is 1.86 bits per heavy atom. The summed E-state index contributed by atoms with van der Waals surface area (Å²) in [5, 5.41) is 15.1. The van der Waals surface area contributed by atoms with Crippen LogP contribution in [0.5, 0.6) is 5.75 Å². The van der Waals surface area contributed by atoms with Crippen LogP contribution in [0.1, 0.15) is 32.8 Å². The molecular formula is C25H31FN6O3. The third-order valence-electron chi connectivity index (χ3n) is 5.48. The number of rotatable bonds is 10. The van der Waals surface area contributed by atoms with E-state index in [0.717, 1.165) is 16.8 Å². The maximum absolute atomic E-state index is 13.5. The summed E-state index contributed by atoms with van der Waals surface area (Å²) in [5.74, 6) is 0.0968. The first-order valence-electron chi connectivity index (χ1n) is 11.5. The van der Waals surface area contributed by atoms with Gasteiger partial charge in [0.05, 0.1) is 12.8 Å². The Hall–Kier alpha value is -3.82. The first-order valence-corrected chi connectivity index (χ1v) is 11.5. The maximum atomic E-state index is 13.5. The first kappa shape index (κ1) is 25.8. The summed E-state index contributed by atoms with van der Waals surface area (Å²) in [7, 11) is 1.51. The lowest BCUT2D eigenvalue weighted by Gasteiger charge is -2.30. The second-order valence-electron chi connectivity index (χ2n) is 8.74. The van der Waals surface area contributed by atoms with Crippen molar-refractivity contribution < 1.29 is 18.7 Å². The van der Waals surface area contributed by atoms with E-state index in [4.69, 9.17) is 4.74 Å². The quantitative estimate of drug-likeness (QED) is 0.475. The van der Waals surface area contributed by atoms with Crippen molar-refractivity contribution in [3.8, 4) is 17.1 Å². The Kier molecular flexibility index (Phi) is 8.51. The van der Waals surface area contributed by atoms with E-state index in [0.29, 0.717) is 29.5 Å². The molecule has 2 aromatic carbocycles. The molecule has 10 heteroatoms. The van der Waals surface area contributed by atoms with Crippen LogP contribution in [-0.4, -0.2) is 51.7 Å². The molecule has 1 N–H and O–H groups in total. The number of hydrogen-bond donors (Lipinski definition) is 1. The molecule has 0 bridgehead atoms. The summed E-state index contributed by atoms with van der Waals surface area (Å²) in [4.78, 5) is 29.0. The lowest BCUT2D eigenvalue weighted by atomic mass is 10.1. The van der Waals surface area contributed by atoms with E-state index in [1.54, 1.807) is 19.1 Å². The molecule has 0 aliphatic rings. The standard InChI is InChI=1S/C25H31FN6O3/c1-16(2)12-13-27-25(34)18(4)32(21-14-17(3)6-11-22(21)35-5)23(33)15-31-29-24(28-30-31)19-7-9-20(26)10-8-19/h6-11,14,16,18H,12-13,15H2,1-5H3,(H,27,34)/t18-/m1/s1. The third-order valence-corrected chi connectivity index (χ3v) is 5.48. The number of ether oxygens (including phenoxy) is 1. The van der Waals surface area contributed by atoms with E-state index in [-0.39, 0.29) is 24.1 Å². The summed E-state index contributed by atoms with van der Waals surface area (Å²) >= 11 is 0. The van der Waals surface area contributed by atoms with E-state index in [2.05, 4.69) is 34.6 Å². The monoisotopic (exact) mass is 482 g/mol. The number of nitrogens with one attached hydrogen (secondary N) is 1. The number of amides is 2. The minimum atomic E-state index is -0.814. The van der Waals surface area contributed by atoms with Crippen molar-refractivity contribution in [1.82, 2.24) is 25.5 Å². The van der Waals surface area contributed by atoms with Crippen LogP contribution in [0.4, 0.5) is 10.1 Å². The second kappa shape index (κ2) is 11.5. The molecule has 1 aromatic heterocycles. The molecule has 0 unspecified atom stereocenters. The fraction of sp³-hybridized carbons (Fsp3) is 0.400. The molecule has 0 aliphatic heterocycles. The highest BCUT2D eigenvalue weighted by Crippen LogP contribution is 2.31. The lowest BCUT2D eigenvalue weighted by molar-refractivity contribution is -0.126. The van der Waals surface area contributed by atoms with Crippen molar-refractivity contribution in [2.24, 2.45) is 5.92 Å². The summed E-state index contributed by atoms with van der Waals surface area (Å²) < 4.78 is 18.7. The Morgan fingerprint density at radius 3 is 2.51 bits per heavy atom. The van der Waals surface area contributed by atoms with Gasteiger partial charge >= 0.3 is 0 Å². The van der Waals surface area contributed by atoms with Crippen LogP contribution in [-0.2, 0) is 16.1 Å². The fourth-order valence-corrected chi connectivity index (χ4v) is 3.52. The molecule has 0 saturated carbocycles. The number of aryl methyl sites for hydroxylation is 1. The number of tetrazole rings is 1. The van der Waals surface area contributed by atoms with Crippen molar-refractivity contribution in [2.75, 3.05) is 18.6 Å². The minimum Gasteiger partial charge on any atom is -0.495 e. The highest BCUT2D eigenvalue weighted by Gasteiger charge is 2.30. The van der Waals surface area contributed by atoms with E-state index in [1.807, 2.05) is 13.0 Å². The van der Waals surface area contributed by atoms with Crippen LogP contribution in [0.2, 0.25) is 0 Å². The van der Waals surface area contributed by atoms with Gasteiger partial charge in [-0.1, -0.05) is 19.9 Å². The second-order valence-corrected chi connectivity index (χ2v) is 8.74. The van der Waals surface area contributed by atoms with Gasteiger partial charge < -0.3 is 10.1 Å². The first-order chi connectivity index (χ1) is 16.7. The van der Waals surface area contributed by atoms with Gasteiger partial charge in [0.15, 0.2) is 0 Å². The number of nitrogens with zero attached hydrogens (tertiary/aromatic N) is 5. The van der Waals surface area contributed by atoms with Crippen LogP contribution < -0.4 is 15.0 Å². The maximum Gasteiger partial charge on any atom is 0.251 e. The number of halogens is 1. The molecule has 0 radical (unpaired) electrons. The summed E-state index contributed by atoms with van der Waals surface area (Å²) in [6, 6.07) is 10.3. The highest BCUT2D eigenvalue weighted by molar-refractivity contribution is 6.01. The van der Waals surface area contributed by atoms with E-state index >= 15 is 0 Å². The van der Waals surface area contributed by atoms with Crippen molar-refractivity contribution in [3.05, 3.63) is 53.8 Å². The van der Waals surface area contributed by atoms with Gasteiger partial charge in [0.1, 0.15) is 24.2 Å². The fourth-order valence-electron chi connectivity index (χ4n) is 3.52. The van der Waals surface area contributed by atoms with Gasteiger partial charge in [0.2, 0.25) is 11.7 Å². The van der Waals surface area contributed by atoms with E-state index in [1.165, 1.54) is 36.3 Å². The van der Waals surface area contributed by atoms with Gasteiger partial charge in [0, 0.05) is 12.1 Å². The molecule has 0 saturated heterocycles. The van der Waals surface area contributed by atoms with Gasteiger partial charge in [0.25, 0.3) is 5.91 Å². The van der Waals surface area contributed by atoms with Gasteiger partial charge in [-0.2, -0.15) is 4.80 Å². The van der Waals surface area contributed by atoms with Crippen molar-refractivity contribution in [3.63, 3.8) is 0 Å². The van der Waals surface area contributed by atoms with Crippen LogP contribution in [0.15, 0.2) is 42.5 Å². The number of anilines is 1. The zero-order chi connectivity index (χ0) is 25.5. The molecule has 186 valence electrons. The smallest absolute Gasteiger partial charge is 0.251 e. The lowest BCUT2D eigenvalue weighted by Crippen LogP contribution is -2.49. The normalized spacial score (nSPS) is 11.9. The SMILES string of the molecule is COc1ccc(C)cc1N(C(=O)Cn1nnc(-c2ccc(F)cc2)n1)[C@H](C)C(=O)NCCC(C)C.